The normalized spacial score (nSPS) is 11.9. The first kappa shape index (κ1) is 19.4. The van der Waals surface area contributed by atoms with Crippen LogP contribution in [0.4, 0.5) is 17.6 Å². The quantitative estimate of drug-likeness (QED) is 0.270. The molecule has 0 saturated carbocycles. The zero-order chi connectivity index (χ0) is 18.9. The Kier molecular flexibility index (Phi) is 5.76. The lowest BCUT2D eigenvalue weighted by Crippen LogP contribution is -2.11. The molecule has 1 aromatic heterocycles. The minimum Gasteiger partial charge on any atom is -0.488 e. The highest BCUT2D eigenvalue weighted by Gasteiger charge is 2.36. The fourth-order valence-corrected chi connectivity index (χ4v) is 4.62. The molecule has 0 spiro atoms. The maximum atomic E-state index is 13.8. The Morgan fingerprint density at radius 1 is 1.12 bits per heavy atom. The smallest absolute Gasteiger partial charge is 0.420 e. The number of rotatable bonds is 5. The van der Waals surface area contributed by atoms with Crippen LogP contribution in [0.1, 0.15) is 29.3 Å². The van der Waals surface area contributed by atoms with E-state index in [0.717, 1.165) is 33.9 Å². The number of fused-ring (bicyclic) bond motifs is 1. The van der Waals surface area contributed by atoms with E-state index in [1.54, 1.807) is 11.3 Å². The van der Waals surface area contributed by atoms with E-state index in [2.05, 4.69) is 25.1 Å². The molecule has 0 aliphatic heterocycles. The van der Waals surface area contributed by atoms with Gasteiger partial charge in [0.1, 0.15) is 23.7 Å². The monoisotopic (exact) mass is 494 g/mol. The molecule has 138 valence electrons. The van der Waals surface area contributed by atoms with Crippen LogP contribution in [0, 0.1) is 9.39 Å². The summed E-state index contributed by atoms with van der Waals surface area (Å²) in [6, 6.07) is 10.3. The van der Waals surface area contributed by atoms with Gasteiger partial charge >= 0.3 is 6.18 Å². The fraction of sp³-hybridized carbons (Fsp3) is 0.263. The van der Waals surface area contributed by atoms with Crippen LogP contribution < -0.4 is 4.74 Å². The molecular weight excluding hydrogens is 479 g/mol. The van der Waals surface area contributed by atoms with Crippen LogP contribution >= 0.6 is 33.9 Å². The highest BCUT2D eigenvalue weighted by Crippen LogP contribution is 2.37. The van der Waals surface area contributed by atoms with Gasteiger partial charge in [0.25, 0.3) is 0 Å². The minimum absolute atomic E-state index is 0.0871. The van der Waals surface area contributed by atoms with Gasteiger partial charge in [0, 0.05) is 19.2 Å². The lowest BCUT2D eigenvalue weighted by Gasteiger charge is -2.12. The lowest BCUT2D eigenvalue weighted by atomic mass is 10.1. The number of hydrogen-bond acceptors (Lipinski definition) is 2. The SMILES string of the molecule is CCCc1ccc2cc(COc3cc(F)c(C(F)(F)F)c(I)c3)sc2c1. The summed E-state index contributed by atoms with van der Waals surface area (Å²) in [7, 11) is 0. The van der Waals surface area contributed by atoms with Gasteiger partial charge in [-0.3, -0.25) is 0 Å². The van der Waals surface area contributed by atoms with Gasteiger partial charge in [-0.1, -0.05) is 25.5 Å². The molecule has 7 heteroatoms. The molecule has 0 saturated heterocycles. The van der Waals surface area contributed by atoms with Crippen molar-refractivity contribution in [3.05, 3.63) is 61.8 Å². The highest BCUT2D eigenvalue weighted by atomic mass is 127. The second-order valence-corrected chi connectivity index (χ2v) is 8.21. The first-order chi connectivity index (χ1) is 12.3. The standard InChI is InChI=1S/C19H15F4IOS/c1-2-3-11-4-5-12-7-14(26-17(12)6-11)10-25-13-8-15(20)18(16(24)9-13)19(21,22)23/h4-9H,2-3,10H2,1H3. The summed E-state index contributed by atoms with van der Waals surface area (Å²) in [6.45, 7) is 2.31. The molecule has 0 unspecified atom stereocenters. The van der Waals surface area contributed by atoms with Crippen molar-refractivity contribution in [2.24, 2.45) is 0 Å². The highest BCUT2D eigenvalue weighted by molar-refractivity contribution is 14.1. The van der Waals surface area contributed by atoms with Crippen molar-refractivity contribution in [2.75, 3.05) is 0 Å². The number of halogens is 5. The van der Waals surface area contributed by atoms with Crippen molar-refractivity contribution < 1.29 is 22.3 Å². The zero-order valence-corrected chi connectivity index (χ0v) is 16.8. The van der Waals surface area contributed by atoms with Gasteiger partial charge in [0.2, 0.25) is 0 Å². The molecule has 0 aliphatic carbocycles. The Hall–Kier alpha value is -1.35. The molecule has 0 fully saturated rings. The topological polar surface area (TPSA) is 9.23 Å². The van der Waals surface area contributed by atoms with Gasteiger partial charge in [0.05, 0.1) is 0 Å². The van der Waals surface area contributed by atoms with Crippen molar-refractivity contribution >= 4 is 44.0 Å². The van der Waals surface area contributed by atoms with Gasteiger partial charge in [-0.2, -0.15) is 13.2 Å². The summed E-state index contributed by atoms with van der Waals surface area (Å²) < 4.78 is 58.7. The molecule has 26 heavy (non-hydrogen) atoms. The fourth-order valence-electron chi connectivity index (χ4n) is 2.70. The maximum Gasteiger partial charge on any atom is 0.420 e. The van der Waals surface area contributed by atoms with Crippen molar-refractivity contribution in [2.45, 2.75) is 32.5 Å². The summed E-state index contributed by atoms with van der Waals surface area (Å²) >= 11 is 3.05. The molecule has 0 N–H and O–H groups in total. The van der Waals surface area contributed by atoms with Crippen LogP contribution in [0.25, 0.3) is 10.1 Å². The first-order valence-electron chi connectivity index (χ1n) is 7.98. The van der Waals surface area contributed by atoms with Crippen LogP contribution in [-0.2, 0) is 19.2 Å². The number of ether oxygens (including phenoxy) is 1. The molecule has 0 radical (unpaired) electrons. The molecule has 0 amide bonds. The van der Waals surface area contributed by atoms with E-state index in [0.29, 0.717) is 0 Å². The van der Waals surface area contributed by atoms with Crippen molar-refractivity contribution in [1.82, 2.24) is 0 Å². The van der Waals surface area contributed by atoms with E-state index in [1.165, 1.54) is 34.2 Å². The minimum atomic E-state index is -4.72. The van der Waals surface area contributed by atoms with Crippen LogP contribution in [-0.4, -0.2) is 0 Å². The lowest BCUT2D eigenvalue weighted by molar-refractivity contribution is -0.140. The van der Waals surface area contributed by atoms with Crippen LogP contribution in [0.2, 0.25) is 0 Å². The van der Waals surface area contributed by atoms with E-state index in [9.17, 15) is 17.6 Å². The molecule has 3 aromatic rings. The Balaban J connectivity index is 1.77. The number of aryl methyl sites for hydroxylation is 1. The molecule has 0 aliphatic rings. The summed E-state index contributed by atoms with van der Waals surface area (Å²) in [5, 5.41) is 1.10. The van der Waals surface area contributed by atoms with Gasteiger partial charge in [-0.15, -0.1) is 11.3 Å². The Morgan fingerprint density at radius 3 is 2.54 bits per heavy atom. The van der Waals surface area contributed by atoms with Crippen molar-refractivity contribution in [3.8, 4) is 5.75 Å². The van der Waals surface area contributed by atoms with Crippen molar-refractivity contribution in [3.63, 3.8) is 0 Å². The Bertz CT molecular complexity index is 910. The average molecular weight is 494 g/mol. The second-order valence-electron chi connectivity index (χ2n) is 5.88. The number of alkyl halides is 3. The third-order valence-electron chi connectivity index (χ3n) is 3.85. The Morgan fingerprint density at radius 2 is 1.88 bits per heavy atom. The number of thiophene rings is 1. The summed E-state index contributed by atoms with van der Waals surface area (Å²) in [4.78, 5) is 0.934. The third kappa shape index (κ3) is 4.31. The molecule has 1 heterocycles. The van der Waals surface area contributed by atoms with E-state index in [4.69, 9.17) is 4.74 Å². The maximum absolute atomic E-state index is 13.8. The van der Waals surface area contributed by atoms with E-state index >= 15 is 0 Å². The first-order valence-corrected chi connectivity index (χ1v) is 9.88. The van der Waals surface area contributed by atoms with Gasteiger partial charge in [0.15, 0.2) is 0 Å². The average Bonchev–Trinajstić information content (AvgIpc) is 2.93. The predicted octanol–water partition coefficient (Wildman–Crippen LogP) is 7.20. The van der Waals surface area contributed by atoms with Crippen LogP contribution in [0.5, 0.6) is 5.75 Å². The van der Waals surface area contributed by atoms with Crippen LogP contribution in [0.15, 0.2) is 36.4 Å². The predicted molar refractivity (Wildman–Crippen MR) is 104 cm³/mol. The third-order valence-corrected chi connectivity index (χ3v) is 5.78. The largest absolute Gasteiger partial charge is 0.488 e. The van der Waals surface area contributed by atoms with E-state index in [-0.39, 0.29) is 15.9 Å². The van der Waals surface area contributed by atoms with E-state index < -0.39 is 17.6 Å². The Labute approximate surface area is 166 Å². The zero-order valence-electron chi connectivity index (χ0n) is 13.8. The molecule has 2 aromatic carbocycles. The second kappa shape index (κ2) is 7.72. The van der Waals surface area contributed by atoms with Gasteiger partial charge in [-0.25, -0.2) is 4.39 Å². The molecular formula is C19H15F4IOS. The molecule has 0 bridgehead atoms. The van der Waals surface area contributed by atoms with Crippen molar-refractivity contribution in [1.29, 1.82) is 0 Å². The van der Waals surface area contributed by atoms with Gasteiger partial charge < -0.3 is 4.74 Å². The summed E-state index contributed by atoms with van der Waals surface area (Å²) in [5.74, 6) is -1.23. The molecule has 0 atom stereocenters. The molecule has 1 nitrogen and oxygen atoms in total. The van der Waals surface area contributed by atoms with E-state index in [1.807, 2.05) is 6.07 Å². The number of benzene rings is 2. The summed E-state index contributed by atoms with van der Waals surface area (Å²) in [6.07, 6.45) is -2.63. The van der Waals surface area contributed by atoms with Crippen LogP contribution in [0.3, 0.4) is 0 Å². The number of hydrogen-bond donors (Lipinski definition) is 0. The summed E-state index contributed by atoms with van der Waals surface area (Å²) in [5.41, 5.74) is 0.0180. The van der Waals surface area contributed by atoms with Gasteiger partial charge in [-0.05, 0) is 58.2 Å². The molecule has 3 rings (SSSR count).